The van der Waals surface area contributed by atoms with Crippen LogP contribution in [0.2, 0.25) is 0 Å². The van der Waals surface area contributed by atoms with Gasteiger partial charge in [0.25, 0.3) is 0 Å². The SMILES string of the molecule is CCOC(=O)c1ncnc(C2CC3C=CC2C3)c1F. The average Bonchev–Trinajstić information content (AvgIpc) is 3.01. The maximum absolute atomic E-state index is 14.4. The number of fused-ring (bicyclic) bond motifs is 2. The Bertz CT molecular complexity index is 544. The van der Waals surface area contributed by atoms with Crippen molar-refractivity contribution in [2.24, 2.45) is 11.8 Å². The van der Waals surface area contributed by atoms with Crippen LogP contribution in [-0.2, 0) is 4.74 Å². The van der Waals surface area contributed by atoms with Gasteiger partial charge in [0.05, 0.1) is 12.3 Å². The van der Waals surface area contributed by atoms with E-state index in [-0.39, 0.29) is 18.2 Å². The number of hydrogen-bond donors (Lipinski definition) is 0. The molecular weight excluding hydrogens is 247 g/mol. The molecule has 2 aliphatic carbocycles. The molecule has 5 heteroatoms. The van der Waals surface area contributed by atoms with Crippen LogP contribution in [0.15, 0.2) is 18.5 Å². The number of carbonyl (C=O) groups excluding carboxylic acids is 1. The zero-order chi connectivity index (χ0) is 13.4. The van der Waals surface area contributed by atoms with Crippen LogP contribution in [0.3, 0.4) is 0 Å². The molecule has 1 aromatic heterocycles. The van der Waals surface area contributed by atoms with Gasteiger partial charge < -0.3 is 4.74 Å². The molecule has 2 aliphatic rings. The van der Waals surface area contributed by atoms with E-state index in [0.29, 0.717) is 17.5 Å². The summed E-state index contributed by atoms with van der Waals surface area (Å²) >= 11 is 0. The summed E-state index contributed by atoms with van der Waals surface area (Å²) < 4.78 is 19.2. The second-order valence-corrected chi connectivity index (χ2v) is 5.03. The van der Waals surface area contributed by atoms with E-state index in [1.54, 1.807) is 6.92 Å². The molecule has 0 saturated heterocycles. The van der Waals surface area contributed by atoms with Crippen molar-refractivity contribution >= 4 is 5.97 Å². The summed E-state index contributed by atoms with van der Waals surface area (Å²) in [4.78, 5) is 19.4. The standard InChI is InChI=1S/C14H15FN2O2/c1-2-19-14(18)13-11(15)12(16-7-17-13)10-6-8-3-4-9(10)5-8/h3-4,7-10H,2,5-6H2,1H3. The zero-order valence-electron chi connectivity index (χ0n) is 10.7. The lowest BCUT2D eigenvalue weighted by molar-refractivity contribution is 0.0512. The summed E-state index contributed by atoms with van der Waals surface area (Å²) in [6.45, 7) is 1.88. The van der Waals surface area contributed by atoms with Crippen molar-refractivity contribution in [1.29, 1.82) is 0 Å². The van der Waals surface area contributed by atoms with Gasteiger partial charge in [-0.2, -0.15) is 0 Å². The molecule has 0 radical (unpaired) electrons. The Morgan fingerprint density at radius 3 is 2.89 bits per heavy atom. The fraction of sp³-hybridized carbons (Fsp3) is 0.500. The third kappa shape index (κ3) is 2.03. The molecule has 1 aromatic rings. The number of ether oxygens (including phenoxy) is 1. The Morgan fingerprint density at radius 2 is 2.26 bits per heavy atom. The minimum Gasteiger partial charge on any atom is -0.461 e. The highest BCUT2D eigenvalue weighted by atomic mass is 19.1. The molecule has 3 rings (SSSR count). The highest BCUT2D eigenvalue weighted by molar-refractivity contribution is 5.87. The van der Waals surface area contributed by atoms with Crippen molar-refractivity contribution in [3.63, 3.8) is 0 Å². The lowest BCUT2D eigenvalue weighted by Crippen LogP contribution is -2.16. The fourth-order valence-electron chi connectivity index (χ4n) is 3.08. The van der Waals surface area contributed by atoms with Gasteiger partial charge >= 0.3 is 5.97 Å². The third-order valence-corrected chi connectivity index (χ3v) is 3.92. The number of esters is 1. The monoisotopic (exact) mass is 262 g/mol. The topological polar surface area (TPSA) is 52.1 Å². The van der Waals surface area contributed by atoms with Crippen LogP contribution in [0.5, 0.6) is 0 Å². The lowest BCUT2D eigenvalue weighted by atomic mass is 9.90. The zero-order valence-corrected chi connectivity index (χ0v) is 10.7. The summed E-state index contributed by atoms with van der Waals surface area (Å²) in [5.74, 6) is -0.416. The predicted molar refractivity (Wildman–Crippen MR) is 66.0 cm³/mol. The van der Waals surface area contributed by atoms with Crippen LogP contribution in [0, 0.1) is 17.7 Å². The normalized spacial score (nSPS) is 27.8. The molecule has 0 spiro atoms. The smallest absolute Gasteiger partial charge is 0.360 e. The molecular formula is C14H15FN2O2. The molecule has 100 valence electrons. The summed E-state index contributed by atoms with van der Waals surface area (Å²) in [7, 11) is 0. The van der Waals surface area contributed by atoms with Crippen molar-refractivity contribution in [3.05, 3.63) is 35.7 Å². The van der Waals surface area contributed by atoms with Gasteiger partial charge in [-0.3, -0.25) is 0 Å². The minimum atomic E-state index is -0.720. The Hall–Kier alpha value is -1.78. The maximum Gasteiger partial charge on any atom is 0.360 e. The molecule has 2 bridgehead atoms. The van der Waals surface area contributed by atoms with Gasteiger partial charge in [0.15, 0.2) is 11.5 Å². The summed E-state index contributed by atoms with van der Waals surface area (Å²) in [5.41, 5.74) is 0.105. The van der Waals surface area contributed by atoms with Crippen molar-refractivity contribution in [2.45, 2.75) is 25.7 Å². The van der Waals surface area contributed by atoms with Gasteiger partial charge in [0.1, 0.15) is 6.33 Å². The number of nitrogens with zero attached hydrogens (tertiary/aromatic N) is 2. The van der Waals surface area contributed by atoms with Gasteiger partial charge in [-0.25, -0.2) is 19.2 Å². The van der Waals surface area contributed by atoms with Gasteiger partial charge in [0.2, 0.25) is 0 Å². The number of rotatable bonds is 3. The molecule has 3 unspecified atom stereocenters. The van der Waals surface area contributed by atoms with Gasteiger partial charge in [0, 0.05) is 5.92 Å². The highest BCUT2D eigenvalue weighted by Crippen LogP contribution is 2.48. The molecule has 0 aromatic carbocycles. The minimum absolute atomic E-state index is 0.0613. The quantitative estimate of drug-likeness (QED) is 0.620. The number of carbonyl (C=O) groups is 1. The maximum atomic E-state index is 14.4. The van der Waals surface area contributed by atoms with E-state index >= 15 is 0 Å². The van der Waals surface area contributed by atoms with Crippen LogP contribution in [-0.4, -0.2) is 22.5 Å². The summed E-state index contributed by atoms with van der Waals surface area (Å²) in [6, 6.07) is 0. The number of halogens is 1. The lowest BCUT2D eigenvalue weighted by Gasteiger charge is -2.18. The predicted octanol–water partition coefficient (Wildman–Crippen LogP) is 2.47. The first-order valence-corrected chi connectivity index (χ1v) is 6.56. The number of hydrogen-bond acceptors (Lipinski definition) is 4. The highest BCUT2D eigenvalue weighted by Gasteiger charge is 2.39. The van der Waals surface area contributed by atoms with E-state index in [1.807, 2.05) is 0 Å². The Morgan fingerprint density at radius 1 is 1.42 bits per heavy atom. The molecule has 1 heterocycles. The first-order chi connectivity index (χ1) is 9.20. The molecule has 1 fully saturated rings. The second kappa shape index (κ2) is 4.72. The molecule has 0 aliphatic heterocycles. The van der Waals surface area contributed by atoms with Gasteiger partial charge in [-0.15, -0.1) is 0 Å². The van der Waals surface area contributed by atoms with Crippen LogP contribution < -0.4 is 0 Å². The Balaban J connectivity index is 1.93. The molecule has 1 saturated carbocycles. The van der Waals surface area contributed by atoms with Crippen molar-refractivity contribution in [3.8, 4) is 0 Å². The molecule has 19 heavy (non-hydrogen) atoms. The molecule has 3 atom stereocenters. The largest absolute Gasteiger partial charge is 0.461 e. The summed E-state index contributed by atoms with van der Waals surface area (Å²) in [6.07, 6.45) is 7.53. The Labute approximate surface area is 110 Å². The van der Waals surface area contributed by atoms with E-state index < -0.39 is 11.8 Å². The van der Waals surface area contributed by atoms with Crippen LogP contribution >= 0.6 is 0 Å². The van der Waals surface area contributed by atoms with E-state index in [4.69, 9.17) is 4.74 Å². The van der Waals surface area contributed by atoms with E-state index in [0.717, 1.165) is 12.8 Å². The van der Waals surface area contributed by atoms with Crippen molar-refractivity contribution < 1.29 is 13.9 Å². The van der Waals surface area contributed by atoms with Crippen molar-refractivity contribution in [2.75, 3.05) is 6.61 Å². The third-order valence-electron chi connectivity index (χ3n) is 3.92. The number of allylic oxidation sites excluding steroid dienone is 2. The van der Waals surface area contributed by atoms with E-state index in [9.17, 15) is 9.18 Å². The first-order valence-electron chi connectivity index (χ1n) is 6.56. The van der Waals surface area contributed by atoms with E-state index in [2.05, 4.69) is 22.1 Å². The van der Waals surface area contributed by atoms with Crippen LogP contribution in [0.1, 0.15) is 41.9 Å². The second-order valence-electron chi connectivity index (χ2n) is 5.03. The van der Waals surface area contributed by atoms with Crippen LogP contribution in [0.4, 0.5) is 4.39 Å². The molecule has 4 nitrogen and oxygen atoms in total. The first kappa shape index (κ1) is 12.3. The molecule has 0 N–H and O–H groups in total. The fourth-order valence-corrected chi connectivity index (χ4v) is 3.08. The average molecular weight is 262 g/mol. The Kier molecular flexibility index (Phi) is 3.05. The van der Waals surface area contributed by atoms with E-state index in [1.165, 1.54) is 6.33 Å². The van der Waals surface area contributed by atoms with Crippen molar-refractivity contribution in [1.82, 2.24) is 9.97 Å². The number of aromatic nitrogens is 2. The van der Waals surface area contributed by atoms with Crippen LogP contribution in [0.25, 0.3) is 0 Å². The van der Waals surface area contributed by atoms with Gasteiger partial charge in [-0.05, 0) is 31.6 Å². The summed E-state index contributed by atoms with van der Waals surface area (Å²) in [5, 5.41) is 0. The molecule has 0 amide bonds. The van der Waals surface area contributed by atoms with Gasteiger partial charge in [-0.1, -0.05) is 12.2 Å².